The van der Waals surface area contributed by atoms with Crippen LogP contribution in [0.3, 0.4) is 0 Å². The maximum atomic E-state index is 13.8. The van der Waals surface area contributed by atoms with Crippen molar-refractivity contribution in [1.82, 2.24) is 4.90 Å². The van der Waals surface area contributed by atoms with E-state index < -0.39 is 29.3 Å². The van der Waals surface area contributed by atoms with Crippen molar-refractivity contribution in [2.75, 3.05) is 18.0 Å². The Balaban J connectivity index is 1.83. The van der Waals surface area contributed by atoms with Crippen molar-refractivity contribution in [2.24, 2.45) is 0 Å². The quantitative estimate of drug-likeness (QED) is 0.622. The fourth-order valence-electron chi connectivity index (χ4n) is 3.16. The average Bonchev–Trinajstić information content (AvgIpc) is 2.60. The molecule has 4 nitrogen and oxygen atoms in total. The number of carbonyl (C=O) groups excluding carboxylic acids is 2. The van der Waals surface area contributed by atoms with Crippen LogP contribution in [0.15, 0.2) is 30.3 Å². The number of hydrogen-bond donors (Lipinski definition) is 0. The van der Waals surface area contributed by atoms with Gasteiger partial charge in [-0.15, -0.1) is 0 Å². The minimum Gasteiger partial charge on any atom is -0.328 e. The van der Waals surface area contributed by atoms with Crippen molar-refractivity contribution >= 4 is 17.5 Å². The number of rotatable bonds is 3. The molecule has 0 atom stereocenters. The van der Waals surface area contributed by atoms with E-state index in [0.717, 1.165) is 28.2 Å². The molecular weight excluding hydrogens is 345 g/mol. The molecule has 1 heterocycles. The van der Waals surface area contributed by atoms with Crippen LogP contribution >= 0.6 is 0 Å². The summed E-state index contributed by atoms with van der Waals surface area (Å²) in [5.74, 6) is -5.76. The number of halogens is 3. The second-order valence-corrected chi connectivity index (χ2v) is 6.26. The third-order valence-electron chi connectivity index (χ3n) is 4.49. The lowest BCUT2D eigenvalue weighted by atomic mass is 10.1. The van der Waals surface area contributed by atoms with Gasteiger partial charge in [0.15, 0.2) is 17.5 Å². The van der Waals surface area contributed by atoms with E-state index in [1.165, 1.54) is 4.90 Å². The van der Waals surface area contributed by atoms with Crippen molar-refractivity contribution in [2.45, 2.75) is 20.4 Å². The van der Waals surface area contributed by atoms with E-state index >= 15 is 0 Å². The van der Waals surface area contributed by atoms with E-state index in [4.69, 9.17) is 0 Å². The fraction of sp³-hybridized carbons (Fsp3) is 0.263. The maximum absolute atomic E-state index is 13.8. The smallest absolute Gasteiger partial charge is 0.316 e. The number of amides is 2. The summed E-state index contributed by atoms with van der Waals surface area (Å²) in [4.78, 5) is 27.5. The molecule has 7 heteroatoms. The lowest BCUT2D eigenvalue weighted by Gasteiger charge is -2.35. The molecule has 3 rings (SSSR count). The van der Waals surface area contributed by atoms with Crippen LogP contribution in [0, 0.1) is 31.3 Å². The molecule has 2 aromatic carbocycles. The van der Waals surface area contributed by atoms with E-state index in [9.17, 15) is 22.8 Å². The Labute approximate surface area is 148 Å². The molecule has 0 spiro atoms. The monoisotopic (exact) mass is 362 g/mol. The number of nitrogens with zero attached hydrogens (tertiary/aromatic N) is 2. The number of piperazine rings is 1. The highest BCUT2D eigenvalue weighted by molar-refractivity contribution is 6.41. The number of carbonyl (C=O) groups is 2. The van der Waals surface area contributed by atoms with Crippen LogP contribution in [-0.4, -0.2) is 29.8 Å². The lowest BCUT2D eigenvalue weighted by Crippen LogP contribution is -2.54. The molecule has 2 amide bonds. The van der Waals surface area contributed by atoms with Gasteiger partial charge in [0.2, 0.25) is 0 Å². The Kier molecular flexibility index (Phi) is 4.71. The molecule has 0 radical (unpaired) electrons. The first kappa shape index (κ1) is 18.0. The molecule has 1 fully saturated rings. The van der Waals surface area contributed by atoms with Gasteiger partial charge in [-0.2, -0.15) is 0 Å². The minimum atomic E-state index is -1.59. The summed E-state index contributed by atoms with van der Waals surface area (Å²) in [6, 6.07) is 7.44. The summed E-state index contributed by atoms with van der Waals surface area (Å²) in [5.41, 5.74) is 2.24. The van der Waals surface area contributed by atoms with E-state index in [1.807, 2.05) is 32.0 Å². The number of hydrogen-bond acceptors (Lipinski definition) is 2. The van der Waals surface area contributed by atoms with Crippen LogP contribution in [0.4, 0.5) is 18.9 Å². The van der Waals surface area contributed by atoms with Crippen molar-refractivity contribution in [1.29, 1.82) is 0 Å². The Hall–Kier alpha value is -2.83. The van der Waals surface area contributed by atoms with Gasteiger partial charge in [0.1, 0.15) is 0 Å². The van der Waals surface area contributed by atoms with Gasteiger partial charge in [-0.3, -0.25) is 9.59 Å². The van der Waals surface area contributed by atoms with Gasteiger partial charge in [0, 0.05) is 25.2 Å². The minimum absolute atomic E-state index is 0.163. The Morgan fingerprint density at radius 1 is 0.885 bits per heavy atom. The van der Waals surface area contributed by atoms with Gasteiger partial charge in [-0.25, -0.2) is 13.2 Å². The third kappa shape index (κ3) is 3.05. The molecule has 0 saturated carbocycles. The van der Waals surface area contributed by atoms with E-state index in [0.29, 0.717) is 5.69 Å². The van der Waals surface area contributed by atoms with Gasteiger partial charge < -0.3 is 9.80 Å². The molecule has 0 bridgehead atoms. The molecule has 0 unspecified atom stereocenters. The second-order valence-electron chi connectivity index (χ2n) is 6.26. The van der Waals surface area contributed by atoms with Crippen molar-refractivity contribution in [3.8, 4) is 0 Å². The van der Waals surface area contributed by atoms with E-state index in [2.05, 4.69) is 0 Å². The SMILES string of the molecule is Cc1cccc(C)c1N1CCN(Cc2ccc(F)c(F)c2F)C(=O)C1=O. The predicted molar refractivity (Wildman–Crippen MR) is 90.0 cm³/mol. The topological polar surface area (TPSA) is 40.6 Å². The fourth-order valence-corrected chi connectivity index (χ4v) is 3.16. The highest BCUT2D eigenvalue weighted by Gasteiger charge is 2.35. The largest absolute Gasteiger partial charge is 0.328 e. The highest BCUT2D eigenvalue weighted by Crippen LogP contribution is 2.27. The molecule has 0 aromatic heterocycles. The van der Waals surface area contributed by atoms with Gasteiger partial charge in [0.25, 0.3) is 0 Å². The number of para-hydroxylation sites is 1. The first-order chi connectivity index (χ1) is 12.3. The zero-order valence-electron chi connectivity index (χ0n) is 14.4. The van der Waals surface area contributed by atoms with Crippen LogP contribution in [0.2, 0.25) is 0 Å². The van der Waals surface area contributed by atoms with Crippen LogP contribution in [0.1, 0.15) is 16.7 Å². The summed E-state index contributed by atoms with van der Waals surface area (Å²) in [7, 11) is 0. The Bertz CT molecular complexity index is 878. The maximum Gasteiger partial charge on any atom is 0.316 e. The van der Waals surface area contributed by atoms with Crippen LogP contribution in [-0.2, 0) is 16.1 Å². The standard InChI is InChI=1S/C19H17F3N2O2/c1-11-4-3-5-12(2)17(11)24-9-8-23(18(25)19(24)26)10-13-6-7-14(20)16(22)15(13)21/h3-7H,8-10H2,1-2H3. The number of anilines is 1. The predicted octanol–water partition coefficient (Wildman–Crippen LogP) is 3.10. The van der Waals surface area contributed by atoms with Crippen molar-refractivity contribution in [3.05, 3.63) is 64.5 Å². The van der Waals surface area contributed by atoms with Gasteiger partial charge in [-0.05, 0) is 31.0 Å². The zero-order chi connectivity index (χ0) is 19.0. The van der Waals surface area contributed by atoms with Crippen molar-refractivity contribution < 1.29 is 22.8 Å². The van der Waals surface area contributed by atoms with Crippen LogP contribution in [0.5, 0.6) is 0 Å². The van der Waals surface area contributed by atoms with E-state index in [-0.39, 0.29) is 25.2 Å². The molecule has 136 valence electrons. The Morgan fingerprint density at radius 3 is 2.19 bits per heavy atom. The van der Waals surface area contributed by atoms with E-state index in [1.54, 1.807) is 0 Å². The molecule has 1 aliphatic rings. The molecule has 1 aliphatic heterocycles. The van der Waals surface area contributed by atoms with Crippen LogP contribution < -0.4 is 4.90 Å². The van der Waals surface area contributed by atoms with Gasteiger partial charge in [0.05, 0.1) is 5.69 Å². The summed E-state index contributed by atoms with van der Waals surface area (Å²) in [5, 5.41) is 0. The summed E-state index contributed by atoms with van der Waals surface area (Å²) in [6.45, 7) is 3.80. The number of benzene rings is 2. The van der Waals surface area contributed by atoms with Crippen LogP contribution in [0.25, 0.3) is 0 Å². The summed E-state index contributed by atoms with van der Waals surface area (Å²) in [6.07, 6.45) is 0. The lowest BCUT2D eigenvalue weighted by molar-refractivity contribution is -0.146. The molecule has 0 aliphatic carbocycles. The average molecular weight is 362 g/mol. The molecular formula is C19H17F3N2O2. The highest BCUT2D eigenvalue weighted by atomic mass is 19.2. The third-order valence-corrected chi connectivity index (χ3v) is 4.49. The summed E-state index contributed by atoms with van der Waals surface area (Å²) >= 11 is 0. The first-order valence-electron chi connectivity index (χ1n) is 8.10. The molecule has 1 saturated heterocycles. The molecule has 26 heavy (non-hydrogen) atoms. The Morgan fingerprint density at radius 2 is 1.54 bits per heavy atom. The molecule has 0 N–H and O–H groups in total. The summed E-state index contributed by atoms with van der Waals surface area (Å²) < 4.78 is 40.2. The normalized spacial score (nSPS) is 15.0. The second kappa shape index (κ2) is 6.82. The molecule has 2 aromatic rings. The number of aryl methyl sites for hydroxylation is 2. The zero-order valence-corrected chi connectivity index (χ0v) is 14.4. The van der Waals surface area contributed by atoms with Crippen molar-refractivity contribution in [3.63, 3.8) is 0 Å². The first-order valence-corrected chi connectivity index (χ1v) is 8.10. The van der Waals surface area contributed by atoms with Gasteiger partial charge >= 0.3 is 11.8 Å². The van der Waals surface area contributed by atoms with Gasteiger partial charge in [-0.1, -0.05) is 24.3 Å².